The number of sulfonamides is 1. The molecule has 0 bridgehead atoms. The Balaban J connectivity index is 1.61. The zero-order valence-corrected chi connectivity index (χ0v) is 21.8. The first-order chi connectivity index (χ1) is 18.1. The maximum Gasteiger partial charge on any atom is 0.282 e. The summed E-state index contributed by atoms with van der Waals surface area (Å²) in [5, 5.41) is 9.97. The van der Waals surface area contributed by atoms with Crippen LogP contribution in [0.25, 0.3) is 27.8 Å². The summed E-state index contributed by atoms with van der Waals surface area (Å²) < 4.78 is 27.3. The minimum absolute atomic E-state index is 0.0157. The van der Waals surface area contributed by atoms with Crippen LogP contribution in [-0.4, -0.2) is 46.5 Å². The number of rotatable bonds is 5. The number of carbonyl (C=O) groups excluding carboxylic acids is 1. The first-order valence-electron chi connectivity index (χ1n) is 11.6. The van der Waals surface area contributed by atoms with Crippen molar-refractivity contribution in [3.8, 4) is 16.8 Å². The molecule has 192 valence electrons. The number of imidazole rings is 1. The van der Waals surface area contributed by atoms with Gasteiger partial charge in [0.15, 0.2) is 0 Å². The lowest BCUT2D eigenvalue weighted by molar-refractivity contribution is 0.0954. The number of nitrogens with two attached hydrogens (primary N) is 2. The maximum absolute atomic E-state index is 13.9. The number of amidine groups is 1. The van der Waals surface area contributed by atoms with E-state index in [0.717, 1.165) is 0 Å². The molecule has 3 aromatic carbocycles. The van der Waals surface area contributed by atoms with E-state index < -0.39 is 10.0 Å². The summed E-state index contributed by atoms with van der Waals surface area (Å²) in [6.07, 6.45) is 0. The summed E-state index contributed by atoms with van der Waals surface area (Å²) in [7, 11) is -2.32. The van der Waals surface area contributed by atoms with E-state index >= 15 is 0 Å². The van der Waals surface area contributed by atoms with Crippen molar-refractivity contribution in [3.63, 3.8) is 0 Å². The van der Waals surface area contributed by atoms with Gasteiger partial charge in [0.25, 0.3) is 5.91 Å². The van der Waals surface area contributed by atoms with Gasteiger partial charge < -0.3 is 5.73 Å². The van der Waals surface area contributed by atoms with Crippen molar-refractivity contribution in [1.82, 2.24) is 19.3 Å². The predicted molar refractivity (Wildman–Crippen MR) is 146 cm³/mol. The average Bonchev–Trinajstić information content (AvgIpc) is 3.46. The Morgan fingerprint density at radius 3 is 2.47 bits per heavy atom. The van der Waals surface area contributed by atoms with Crippen LogP contribution in [0.5, 0.6) is 0 Å². The van der Waals surface area contributed by atoms with Crippen LogP contribution in [-0.2, 0) is 10.0 Å². The fourth-order valence-electron chi connectivity index (χ4n) is 4.47. The number of aliphatic imine (C=N–C) groups is 1. The van der Waals surface area contributed by atoms with E-state index in [-0.39, 0.29) is 10.8 Å². The molecule has 4 N–H and O–H groups in total. The highest BCUT2D eigenvalue weighted by atomic mass is 32.2. The van der Waals surface area contributed by atoms with E-state index in [1.807, 2.05) is 31.2 Å². The van der Waals surface area contributed by atoms with Gasteiger partial charge in [0.1, 0.15) is 17.4 Å². The van der Waals surface area contributed by atoms with Crippen LogP contribution in [0.3, 0.4) is 0 Å². The highest BCUT2D eigenvalue weighted by Crippen LogP contribution is 2.30. The van der Waals surface area contributed by atoms with Crippen LogP contribution < -0.4 is 10.9 Å². The highest BCUT2D eigenvalue weighted by molar-refractivity contribution is 7.89. The van der Waals surface area contributed by atoms with Crippen molar-refractivity contribution in [2.24, 2.45) is 15.9 Å². The van der Waals surface area contributed by atoms with E-state index in [0.29, 0.717) is 56.5 Å². The Hall–Kier alpha value is -4.61. The van der Waals surface area contributed by atoms with Gasteiger partial charge in [-0.2, -0.15) is 5.10 Å². The highest BCUT2D eigenvalue weighted by Gasteiger charge is 2.23. The van der Waals surface area contributed by atoms with E-state index in [1.54, 1.807) is 61.1 Å². The second-order valence-electron chi connectivity index (χ2n) is 8.79. The standard InChI is InChI=1S/C27H25N7O3S/c1-16-13-24(34(32-16)20-8-6-7-19(14-20)26(28)30-3)27(35)33-17(2)31-22-15-18(11-12-23(22)33)21-9-4-5-10-25(21)38(29,36)37/h4-15H,1-3H3,(H2,28,30)(H2,29,36,37). The third-order valence-electron chi connectivity index (χ3n) is 6.21. The number of aryl methyl sites for hydroxylation is 2. The van der Waals surface area contributed by atoms with Gasteiger partial charge in [-0.3, -0.25) is 14.4 Å². The molecule has 0 saturated heterocycles. The molecule has 5 rings (SSSR count). The molecule has 0 spiro atoms. The van der Waals surface area contributed by atoms with Crippen molar-refractivity contribution >= 4 is 32.8 Å². The summed E-state index contributed by atoms with van der Waals surface area (Å²) in [6.45, 7) is 3.55. The second-order valence-corrected chi connectivity index (χ2v) is 10.3. The first-order valence-corrected chi connectivity index (χ1v) is 13.2. The normalized spacial score (nSPS) is 12.3. The molecule has 0 unspecified atom stereocenters. The Morgan fingerprint density at radius 1 is 0.974 bits per heavy atom. The molecule has 2 aromatic heterocycles. The fourth-order valence-corrected chi connectivity index (χ4v) is 5.23. The minimum atomic E-state index is -3.93. The lowest BCUT2D eigenvalue weighted by atomic mass is 10.1. The molecular weight excluding hydrogens is 502 g/mol. The molecule has 0 atom stereocenters. The second kappa shape index (κ2) is 9.36. The van der Waals surface area contributed by atoms with Gasteiger partial charge in [-0.05, 0) is 55.8 Å². The number of nitrogens with zero attached hydrogens (tertiary/aromatic N) is 5. The number of hydrogen-bond donors (Lipinski definition) is 2. The third-order valence-corrected chi connectivity index (χ3v) is 7.18. The lowest BCUT2D eigenvalue weighted by Crippen LogP contribution is -2.19. The Bertz CT molecular complexity index is 1870. The molecule has 5 aromatic rings. The molecule has 0 saturated carbocycles. The molecular formula is C27H25N7O3S. The summed E-state index contributed by atoms with van der Waals surface area (Å²) in [5.74, 6) is 0.536. The van der Waals surface area contributed by atoms with Crippen molar-refractivity contribution in [3.05, 3.63) is 95.6 Å². The van der Waals surface area contributed by atoms with E-state index in [4.69, 9.17) is 10.9 Å². The van der Waals surface area contributed by atoms with Crippen LogP contribution in [0.1, 0.15) is 27.6 Å². The molecule has 38 heavy (non-hydrogen) atoms. The average molecular weight is 528 g/mol. The SMILES string of the molecule is CN=C(N)c1cccc(-n2nc(C)cc2C(=O)n2c(C)nc3cc(-c4ccccc4S(N)(=O)=O)ccc32)c1. The molecule has 0 aliphatic heterocycles. The largest absolute Gasteiger partial charge is 0.384 e. The first kappa shape index (κ1) is 25.1. The van der Waals surface area contributed by atoms with Crippen molar-refractivity contribution < 1.29 is 13.2 Å². The predicted octanol–water partition coefficient (Wildman–Crippen LogP) is 3.18. The third kappa shape index (κ3) is 4.38. The van der Waals surface area contributed by atoms with Crippen LogP contribution in [0, 0.1) is 13.8 Å². The summed E-state index contributed by atoms with van der Waals surface area (Å²) >= 11 is 0. The zero-order chi connectivity index (χ0) is 27.2. The smallest absolute Gasteiger partial charge is 0.282 e. The topological polar surface area (TPSA) is 151 Å². The maximum atomic E-state index is 13.9. The van der Waals surface area contributed by atoms with E-state index in [2.05, 4.69) is 15.1 Å². The van der Waals surface area contributed by atoms with Crippen LogP contribution in [0.2, 0.25) is 0 Å². The van der Waals surface area contributed by atoms with E-state index in [9.17, 15) is 13.2 Å². The monoisotopic (exact) mass is 527 g/mol. The number of aromatic nitrogens is 4. The Morgan fingerprint density at radius 2 is 1.74 bits per heavy atom. The van der Waals surface area contributed by atoms with Gasteiger partial charge in [-0.15, -0.1) is 0 Å². The summed E-state index contributed by atoms with van der Waals surface area (Å²) in [5.41, 5.74) is 10.6. The van der Waals surface area contributed by atoms with Crippen LogP contribution >= 0.6 is 0 Å². The minimum Gasteiger partial charge on any atom is -0.384 e. The molecule has 0 aliphatic rings. The van der Waals surface area contributed by atoms with Crippen molar-refractivity contribution in [2.75, 3.05) is 7.05 Å². The zero-order valence-electron chi connectivity index (χ0n) is 21.0. The van der Waals surface area contributed by atoms with Crippen molar-refractivity contribution in [1.29, 1.82) is 0 Å². The number of carbonyl (C=O) groups is 1. The molecule has 0 radical (unpaired) electrons. The quantitative estimate of drug-likeness (QED) is 0.265. The van der Waals surface area contributed by atoms with Crippen molar-refractivity contribution in [2.45, 2.75) is 18.7 Å². The van der Waals surface area contributed by atoms with Gasteiger partial charge in [0.05, 0.1) is 27.3 Å². The van der Waals surface area contributed by atoms with E-state index in [1.165, 1.54) is 10.6 Å². The summed E-state index contributed by atoms with van der Waals surface area (Å²) in [6, 6.07) is 20.8. The number of hydrogen-bond acceptors (Lipinski definition) is 6. The molecule has 0 fully saturated rings. The fraction of sp³-hybridized carbons (Fsp3) is 0.111. The summed E-state index contributed by atoms with van der Waals surface area (Å²) in [4.78, 5) is 22.5. The van der Waals surface area contributed by atoms with Gasteiger partial charge in [0, 0.05) is 18.2 Å². The molecule has 2 heterocycles. The van der Waals surface area contributed by atoms with Crippen LogP contribution in [0.15, 0.2) is 82.7 Å². The van der Waals surface area contributed by atoms with Gasteiger partial charge in [0.2, 0.25) is 10.0 Å². The molecule has 0 amide bonds. The molecule has 10 nitrogen and oxygen atoms in total. The van der Waals surface area contributed by atoms with Gasteiger partial charge in [-0.1, -0.05) is 36.4 Å². The molecule has 0 aliphatic carbocycles. The molecule has 11 heteroatoms. The van der Waals surface area contributed by atoms with Gasteiger partial charge in [-0.25, -0.2) is 23.2 Å². The van der Waals surface area contributed by atoms with Gasteiger partial charge >= 0.3 is 0 Å². The lowest BCUT2D eigenvalue weighted by Gasteiger charge is -2.11. The Kier molecular flexibility index (Phi) is 6.17. The Labute approximate surface area is 219 Å². The number of fused-ring (bicyclic) bond motifs is 1. The number of primary sulfonamides is 1. The van der Waals surface area contributed by atoms with Crippen LogP contribution in [0.4, 0.5) is 0 Å². The number of benzene rings is 3.